The van der Waals surface area contributed by atoms with Crippen LogP contribution in [0.25, 0.3) is 0 Å². The average Bonchev–Trinajstić information content (AvgIpc) is 2.99. The predicted molar refractivity (Wildman–Crippen MR) is 64.0 cm³/mol. The highest BCUT2D eigenvalue weighted by Crippen LogP contribution is 2.47. The zero-order chi connectivity index (χ0) is 10.0. The molecule has 1 heterocycles. The molecule has 3 heteroatoms. The van der Waals surface area contributed by atoms with Gasteiger partial charge in [0.05, 0.1) is 0 Å². The van der Waals surface area contributed by atoms with Gasteiger partial charge in [0.1, 0.15) is 0 Å². The lowest BCUT2D eigenvalue weighted by molar-refractivity contribution is 0.155. The minimum Gasteiger partial charge on any atom is -0.314 e. The Morgan fingerprint density at radius 2 is 2.29 bits per heavy atom. The highest BCUT2D eigenvalue weighted by Gasteiger charge is 2.44. The van der Waals surface area contributed by atoms with E-state index in [1.54, 1.807) is 0 Å². The van der Waals surface area contributed by atoms with Crippen molar-refractivity contribution in [2.75, 3.05) is 32.4 Å². The molecule has 1 aliphatic heterocycles. The topological polar surface area (TPSA) is 15.3 Å². The van der Waals surface area contributed by atoms with Crippen LogP contribution in [0.4, 0.5) is 0 Å². The largest absolute Gasteiger partial charge is 0.314 e. The van der Waals surface area contributed by atoms with Gasteiger partial charge in [-0.05, 0) is 25.5 Å². The van der Waals surface area contributed by atoms with Crippen molar-refractivity contribution in [3.8, 4) is 0 Å². The van der Waals surface area contributed by atoms with E-state index in [1.165, 1.54) is 45.4 Å². The fourth-order valence-electron chi connectivity index (χ4n) is 2.35. The highest BCUT2D eigenvalue weighted by atomic mass is 32.2. The van der Waals surface area contributed by atoms with Crippen molar-refractivity contribution in [2.24, 2.45) is 0 Å². The lowest BCUT2D eigenvalue weighted by Crippen LogP contribution is -2.53. The van der Waals surface area contributed by atoms with Crippen molar-refractivity contribution in [1.29, 1.82) is 0 Å². The van der Waals surface area contributed by atoms with Crippen LogP contribution >= 0.6 is 11.8 Å². The van der Waals surface area contributed by atoms with Crippen LogP contribution in [0.5, 0.6) is 0 Å². The molecule has 1 saturated carbocycles. The number of rotatable bonds is 4. The molecule has 0 bridgehead atoms. The van der Waals surface area contributed by atoms with Crippen molar-refractivity contribution in [2.45, 2.75) is 37.0 Å². The van der Waals surface area contributed by atoms with Crippen molar-refractivity contribution >= 4 is 11.8 Å². The summed E-state index contributed by atoms with van der Waals surface area (Å²) in [6.07, 6.45) is 6.44. The Morgan fingerprint density at radius 3 is 2.86 bits per heavy atom. The van der Waals surface area contributed by atoms with Crippen LogP contribution in [0.1, 0.15) is 26.2 Å². The first-order valence-electron chi connectivity index (χ1n) is 5.79. The third kappa shape index (κ3) is 2.26. The van der Waals surface area contributed by atoms with Gasteiger partial charge in [-0.2, -0.15) is 11.8 Å². The monoisotopic (exact) mass is 214 g/mol. The molecule has 2 aliphatic rings. The Hall–Kier alpha value is 0.270. The second-order valence-electron chi connectivity index (χ2n) is 4.62. The number of piperazine rings is 1. The molecule has 82 valence electrons. The van der Waals surface area contributed by atoms with E-state index in [-0.39, 0.29) is 0 Å². The Balaban J connectivity index is 1.88. The smallest absolute Gasteiger partial charge is 0.0285 e. The van der Waals surface area contributed by atoms with Gasteiger partial charge in [-0.25, -0.2) is 0 Å². The summed E-state index contributed by atoms with van der Waals surface area (Å²) in [6, 6.07) is 0.786. The standard InChI is InChI=1S/C11H22N2S/c1-3-10-8-12-6-7-13(10)9-11(14-2)4-5-11/h10,12H,3-9H2,1-2H3. The Labute approximate surface area is 91.8 Å². The summed E-state index contributed by atoms with van der Waals surface area (Å²) in [5.41, 5.74) is 0. The van der Waals surface area contributed by atoms with Crippen molar-refractivity contribution < 1.29 is 0 Å². The molecular weight excluding hydrogens is 192 g/mol. The molecule has 0 aromatic carbocycles. The van der Waals surface area contributed by atoms with Crippen LogP contribution in [0.15, 0.2) is 0 Å². The van der Waals surface area contributed by atoms with Gasteiger partial charge < -0.3 is 5.32 Å². The molecule has 2 fully saturated rings. The van der Waals surface area contributed by atoms with E-state index in [1.807, 2.05) is 0 Å². The summed E-state index contributed by atoms with van der Waals surface area (Å²) in [6.45, 7) is 7.26. The van der Waals surface area contributed by atoms with Gasteiger partial charge >= 0.3 is 0 Å². The van der Waals surface area contributed by atoms with Gasteiger partial charge in [0.2, 0.25) is 0 Å². The molecule has 1 unspecified atom stereocenters. The Kier molecular flexibility index (Phi) is 3.40. The van der Waals surface area contributed by atoms with Crippen LogP contribution in [-0.4, -0.2) is 48.1 Å². The van der Waals surface area contributed by atoms with Gasteiger partial charge in [0.15, 0.2) is 0 Å². The number of hydrogen-bond donors (Lipinski definition) is 1. The van der Waals surface area contributed by atoms with Gasteiger partial charge in [-0.3, -0.25) is 4.90 Å². The number of nitrogens with one attached hydrogen (secondary N) is 1. The summed E-state index contributed by atoms with van der Waals surface area (Å²) in [5.74, 6) is 0. The molecule has 1 N–H and O–H groups in total. The summed E-state index contributed by atoms with van der Waals surface area (Å²) >= 11 is 2.08. The maximum absolute atomic E-state index is 3.49. The van der Waals surface area contributed by atoms with E-state index >= 15 is 0 Å². The Morgan fingerprint density at radius 1 is 1.50 bits per heavy atom. The molecule has 0 amide bonds. The van der Waals surface area contributed by atoms with E-state index in [2.05, 4.69) is 35.2 Å². The van der Waals surface area contributed by atoms with Gasteiger partial charge in [0, 0.05) is 37.0 Å². The van der Waals surface area contributed by atoms with Gasteiger partial charge in [0.25, 0.3) is 0 Å². The molecule has 2 rings (SSSR count). The third-order valence-electron chi connectivity index (χ3n) is 3.68. The van der Waals surface area contributed by atoms with Crippen LogP contribution in [0, 0.1) is 0 Å². The average molecular weight is 214 g/mol. The van der Waals surface area contributed by atoms with E-state index < -0.39 is 0 Å². The maximum atomic E-state index is 3.49. The van der Waals surface area contributed by atoms with E-state index in [4.69, 9.17) is 0 Å². The van der Waals surface area contributed by atoms with Crippen LogP contribution in [0.2, 0.25) is 0 Å². The molecule has 1 atom stereocenters. The molecule has 2 nitrogen and oxygen atoms in total. The summed E-state index contributed by atoms with van der Waals surface area (Å²) in [5, 5.41) is 3.49. The SMILES string of the molecule is CCC1CNCCN1CC1(SC)CC1. The zero-order valence-electron chi connectivity index (χ0n) is 9.38. The van der Waals surface area contributed by atoms with Crippen LogP contribution in [-0.2, 0) is 0 Å². The number of hydrogen-bond acceptors (Lipinski definition) is 3. The van der Waals surface area contributed by atoms with Crippen molar-refractivity contribution in [3.05, 3.63) is 0 Å². The third-order valence-corrected chi connectivity index (χ3v) is 5.08. The van der Waals surface area contributed by atoms with E-state index in [0.717, 1.165) is 6.04 Å². The normalized spacial score (nSPS) is 31.7. The van der Waals surface area contributed by atoms with Crippen LogP contribution < -0.4 is 5.32 Å². The molecule has 0 aromatic heterocycles. The molecule has 1 aliphatic carbocycles. The minimum atomic E-state index is 0.644. The van der Waals surface area contributed by atoms with Crippen molar-refractivity contribution in [3.63, 3.8) is 0 Å². The fraction of sp³-hybridized carbons (Fsp3) is 1.00. The molecule has 1 saturated heterocycles. The van der Waals surface area contributed by atoms with E-state index in [9.17, 15) is 0 Å². The van der Waals surface area contributed by atoms with Gasteiger partial charge in [-0.1, -0.05) is 6.92 Å². The summed E-state index contributed by atoms with van der Waals surface area (Å²) in [7, 11) is 0. The highest BCUT2D eigenvalue weighted by molar-refractivity contribution is 8.00. The Bertz CT molecular complexity index is 192. The minimum absolute atomic E-state index is 0.644. The molecule has 0 aromatic rings. The molecule has 0 radical (unpaired) electrons. The fourth-order valence-corrected chi connectivity index (χ4v) is 3.16. The summed E-state index contributed by atoms with van der Waals surface area (Å²) < 4.78 is 0.644. The number of thioether (sulfide) groups is 1. The first kappa shape index (κ1) is 10.8. The predicted octanol–water partition coefficient (Wildman–Crippen LogP) is 1.57. The van der Waals surface area contributed by atoms with Gasteiger partial charge in [-0.15, -0.1) is 0 Å². The molecule has 0 spiro atoms. The second-order valence-corrected chi connectivity index (χ2v) is 5.90. The summed E-state index contributed by atoms with van der Waals surface area (Å²) in [4.78, 5) is 2.71. The first-order chi connectivity index (χ1) is 6.79. The quantitative estimate of drug-likeness (QED) is 0.765. The lowest BCUT2D eigenvalue weighted by Gasteiger charge is -2.37. The van der Waals surface area contributed by atoms with Crippen LogP contribution in [0.3, 0.4) is 0 Å². The number of nitrogens with zero attached hydrogens (tertiary/aromatic N) is 1. The molecular formula is C11H22N2S. The lowest BCUT2D eigenvalue weighted by atomic mass is 10.1. The second kappa shape index (κ2) is 4.42. The zero-order valence-corrected chi connectivity index (χ0v) is 10.2. The van der Waals surface area contributed by atoms with E-state index in [0.29, 0.717) is 4.75 Å². The first-order valence-corrected chi connectivity index (χ1v) is 7.02. The maximum Gasteiger partial charge on any atom is 0.0285 e. The van der Waals surface area contributed by atoms with Crippen molar-refractivity contribution in [1.82, 2.24) is 10.2 Å². The molecule has 14 heavy (non-hydrogen) atoms.